The molecular formula is C65H114O6. The topological polar surface area (TPSA) is 78.9 Å². The average Bonchev–Trinajstić information content (AvgIpc) is 3.37. The number of ether oxygens (including phenoxy) is 3. The molecule has 6 nitrogen and oxygen atoms in total. The third-order valence-corrected chi connectivity index (χ3v) is 13.2. The largest absolute Gasteiger partial charge is 0.462 e. The predicted octanol–water partition coefficient (Wildman–Crippen LogP) is 20.5. The van der Waals surface area contributed by atoms with E-state index in [4.69, 9.17) is 14.2 Å². The van der Waals surface area contributed by atoms with Crippen LogP contribution in [0.15, 0.2) is 72.9 Å². The Morgan fingerprint density at radius 1 is 0.296 bits per heavy atom. The quantitative estimate of drug-likeness (QED) is 0.0261. The summed E-state index contributed by atoms with van der Waals surface area (Å²) in [6, 6.07) is 0. The first-order valence-electron chi connectivity index (χ1n) is 30.4. The van der Waals surface area contributed by atoms with Gasteiger partial charge in [-0.05, 0) is 83.5 Å². The van der Waals surface area contributed by atoms with E-state index in [-0.39, 0.29) is 31.1 Å². The molecule has 0 aromatic rings. The van der Waals surface area contributed by atoms with Crippen LogP contribution in [0.1, 0.15) is 303 Å². The van der Waals surface area contributed by atoms with Crippen molar-refractivity contribution in [1.82, 2.24) is 0 Å². The summed E-state index contributed by atoms with van der Waals surface area (Å²) < 4.78 is 16.8. The van der Waals surface area contributed by atoms with Crippen LogP contribution in [-0.2, 0) is 28.6 Å². The molecule has 0 N–H and O–H groups in total. The summed E-state index contributed by atoms with van der Waals surface area (Å²) in [5, 5.41) is 0. The summed E-state index contributed by atoms with van der Waals surface area (Å²) in [5.41, 5.74) is 0. The smallest absolute Gasteiger partial charge is 0.306 e. The van der Waals surface area contributed by atoms with Gasteiger partial charge in [-0.1, -0.05) is 273 Å². The summed E-state index contributed by atoms with van der Waals surface area (Å²) in [4.78, 5) is 38.1. The van der Waals surface area contributed by atoms with Crippen molar-refractivity contribution >= 4 is 17.9 Å². The van der Waals surface area contributed by atoms with Crippen molar-refractivity contribution in [1.29, 1.82) is 0 Å². The summed E-state index contributed by atoms with van der Waals surface area (Å²) in [6.07, 6.45) is 76.3. The Labute approximate surface area is 440 Å². The fourth-order valence-electron chi connectivity index (χ4n) is 8.65. The zero-order valence-corrected chi connectivity index (χ0v) is 47.0. The van der Waals surface area contributed by atoms with Crippen LogP contribution in [-0.4, -0.2) is 37.2 Å². The van der Waals surface area contributed by atoms with E-state index in [2.05, 4.69) is 93.7 Å². The Morgan fingerprint density at radius 2 is 0.577 bits per heavy atom. The van der Waals surface area contributed by atoms with Gasteiger partial charge in [-0.2, -0.15) is 0 Å². The van der Waals surface area contributed by atoms with Crippen LogP contribution in [0.5, 0.6) is 0 Å². The molecule has 0 aliphatic heterocycles. The first-order valence-corrected chi connectivity index (χ1v) is 30.4. The number of hydrogen-bond acceptors (Lipinski definition) is 6. The molecule has 0 saturated heterocycles. The van der Waals surface area contributed by atoms with E-state index in [0.717, 1.165) is 116 Å². The van der Waals surface area contributed by atoms with Crippen molar-refractivity contribution in [3.05, 3.63) is 72.9 Å². The molecule has 1 unspecified atom stereocenters. The first kappa shape index (κ1) is 67.8. The van der Waals surface area contributed by atoms with Crippen LogP contribution in [0, 0.1) is 0 Å². The maximum Gasteiger partial charge on any atom is 0.306 e. The first-order chi connectivity index (χ1) is 35.0. The summed E-state index contributed by atoms with van der Waals surface area (Å²) >= 11 is 0. The van der Waals surface area contributed by atoms with Gasteiger partial charge in [0, 0.05) is 19.3 Å². The number of esters is 3. The van der Waals surface area contributed by atoms with Crippen molar-refractivity contribution in [2.75, 3.05) is 13.2 Å². The summed E-state index contributed by atoms with van der Waals surface area (Å²) in [7, 11) is 0. The Hall–Kier alpha value is -3.15. The van der Waals surface area contributed by atoms with Gasteiger partial charge in [0.2, 0.25) is 0 Å². The van der Waals surface area contributed by atoms with Crippen LogP contribution in [0.25, 0.3) is 0 Å². The van der Waals surface area contributed by atoms with E-state index in [0.29, 0.717) is 19.3 Å². The van der Waals surface area contributed by atoms with Crippen molar-refractivity contribution < 1.29 is 28.6 Å². The van der Waals surface area contributed by atoms with Gasteiger partial charge in [-0.3, -0.25) is 14.4 Å². The molecule has 0 saturated carbocycles. The van der Waals surface area contributed by atoms with E-state index in [1.807, 2.05) is 0 Å². The van der Waals surface area contributed by atoms with Gasteiger partial charge < -0.3 is 14.2 Å². The van der Waals surface area contributed by atoms with Gasteiger partial charge in [-0.25, -0.2) is 0 Å². The standard InChI is InChI=1S/C65H114O6/c1-4-7-10-13-16-19-22-24-25-26-27-28-29-30-31-32-33-34-35-36-37-38-39-41-43-46-49-52-55-58-64(67)70-61-62(60-69-63(66)57-54-51-48-45-42-21-18-15-12-9-6-3)71-65(68)59-56-53-50-47-44-40-23-20-17-14-11-8-5-2/h7,10-11,14,16,19-20,23-25,27-28,62H,4-6,8-9,12-13,15,17-18,21-22,26,29-61H2,1-3H3/b10-7-,14-11-,19-16-,23-20-,25-24-,28-27-. The normalized spacial score (nSPS) is 12.5. The molecule has 0 aliphatic rings. The monoisotopic (exact) mass is 991 g/mol. The molecule has 71 heavy (non-hydrogen) atoms. The lowest BCUT2D eigenvalue weighted by molar-refractivity contribution is -0.167. The minimum Gasteiger partial charge on any atom is -0.462 e. The van der Waals surface area contributed by atoms with Crippen LogP contribution < -0.4 is 0 Å². The fourth-order valence-corrected chi connectivity index (χ4v) is 8.65. The molecule has 0 aromatic heterocycles. The molecule has 0 radical (unpaired) electrons. The highest BCUT2D eigenvalue weighted by molar-refractivity contribution is 5.71. The fraction of sp³-hybridized carbons (Fsp3) is 0.769. The highest BCUT2D eigenvalue weighted by atomic mass is 16.6. The number of carbonyl (C=O) groups is 3. The van der Waals surface area contributed by atoms with E-state index in [1.54, 1.807) is 0 Å². The molecule has 410 valence electrons. The Balaban J connectivity index is 4.14. The Bertz CT molecular complexity index is 1320. The molecule has 0 rings (SSSR count). The highest BCUT2D eigenvalue weighted by Gasteiger charge is 2.19. The van der Waals surface area contributed by atoms with E-state index >= 15 is 0 Å². The van der Waals surface area contributed by atoms with Gasteiger partial charge in [0.1, 0.15) is 13.2 Å². The lowest BCUT2D eigenvalue weighted by atomic mass is 10.0. The maximum absolute atomic E-state index is 12.8. The number of carbonyl (C=O) groups excluding carboxylic acids is 3. The van der Waals surface area contributed by atoms with E-state index < -0.39 is 6.10 Å². The Morgan fingerprint density at radius 3 is 0.915 bits per heavy atom. The lowest BCUT2D eigenvalue weighted by Gasteiger charge is -2.18. The molecule has 0 heterocycles. The second-order valence-corrected chi connectivity index (χ2v) is 20.2. The number of hydrogen-bond donors (Lipinski definition) is 0. The molecule has 0 fully saturated rings. The molecule has 1 atom stereocenters. The number of rotatable bonds is 55. The van der Waals surface area contributed by atoms with Crippen LogP contribution in [0.2, 0.25) is 0 Å². The van der Waals surface area contributed by atoms with Crippen LogP contribution in [0.3, 0.4) is 0 Å². The average molecular weight is 992 g/mol. The molecular weight excluding hydrogens is 877 g/mol. The molecule has 0 aromatic carbocycles. The van der Waals surface area contributed by atoms with E-state index in [9.17, 15) is 14.4 Å². The molecule has 0 aliphatic carbocycles. The van der Waals surface area contributed by atoms with E-state index in [1.165, 1.54) is 148 Å². The zero-order chi connectivity index (χ0) is 51.4. The SMILES string of the molecule is CC/C=C\C/C=C\C/C=C\C/C=C\CCCCCCCCCCCCCCCCCCC(=O)OCC(COC(=O)CCCCCCCCCCCCC)OC(=O)CCCCCCC/C=C\C/C=C\CCC. The maximum atomic E-state index is 12.8. The number of allylic oxidation sites excluding steroid dienone is 12. The second-order valence-electron chi connectivity index (χ2n) is 20.2. The van der Waals surface area contributed by atoms with Gasteiger partial charge >= 0.3 is 17.9 Å². The molecule has 6 heteroatoms. The molecule has 0 spiro atoms. The number of unbranched alkanes of at least 4 members (excludes halogenated alkanes) is 32. The van der Waals surface area contributed by atoms with Crippen molar-refractivity contribution in [3.63, 3.8) is 0 Å². The zero-order valence-electron chi connectivity index (χ0n) is 47.0. The lowest BCUT2D eigenvalue weighted by Crippen LogP contribution is -2.30. The third kappa shape index (κ3) is 57.6. The third-order valence-electron chi connectivity index (χ3n) is 13.2. The van der Waals surface area contributed by atoms with Crippen molar-refractivity contribution in [2.24, 2.45) is 0 Å². The van der Waals surface area contributed by atoms with Gasteiger partial charge in [0.25, 0.3) is 0 Å². The van der Waals surface area contributed by atoms with Gasteiger partial charge in [-0.15, -0.1) is 0 Å². The predicted molar refractivity (Wildman–Crippen MR) is 307 cm³/mol. The molecule has 0 bridgehead atoms. The van der Waals surface area contributed by atoms with Crippen LogP contribution in [0.4, 0.5) is 0 Å². The minimum absolute atomic E-state index is 0.0770. The van der Waals surface area contributed by atoms with Gasteiger partial charge in [0.05, 0.1) is 0 Å². The molecule has 0 amide bonds. The van der Waals surface area contributed by atoms with Gasteiger partial charge in [0.15, 0.2) is 6.10 Å². The second kappa shape index (κ2) is 59.4. The highest BCUT2D eigenvalue weighted by Crippen LogP contribution is 2.17. The summed E-state index contributed by atoms with van der Waals surface area (Å²) in [6.45, 7) is 6.47. The van der Waals surface area contributed by atoms with Crippen molar-refractivity contribution in [3.8, 4) is 0 Å². The minimum atomic E-state index is -0.779. The Kier molecular flexibility index (Phi) is 56.8. The van der Waals surface area contributed by atoms with Crippen LogP contribution >= 0.6 is 0 Å². The summed E-state index contributed by atoms with van der Waals surface area (Å²) in [5.74, 6) is -0.881. The van der Waals surface area contributed by atoms with Crippen molar-refractivity contribution in [2.45, 2.75) is 309 Å².